The molecule has 0 N–H and O–H groups in total. The van der Waals surface area contributed by atoms with Crippen molar-refractivity contribution in [2.45, 2.75) is 52.4 Å². The average Bonchev–Trinajstić information content (AvgIpc) is 3.29. The van der Waals surface area contributed by atoms with E-state index in [0.717, 1.165) is 81.1 Å². The topological polar surface area (TPSA) is 49.3 Å². The van der Waals surface area contributed by atoms with E-state index < -0.39 is 0 Å². The van der Waals surface area contributed by atoms with Gasteiger partial charge < -0.3 is 9.80 Å². The fourth-order valence-electron chi connectivity index (χ4n) is 3.69. The van der Waals surface area contributed by atoms with Crippen molar-refractivity contribution in [2.75, 3.05) is 31.1 Å². The SMILES string of the molecule is CCCCN(CCCC)C(=O)C1CCN(c2ccc(-c3cccs3)nn2)CC1. The fourth-order valence-corrected chi connectivity index (χ4v) is 4.38. The Morgan fingerprint density at radius 3 is 2.36 bits per heavy atom. The Morgan fingerprint density at radius 2 is 1.82 bits per heavy atom. The maximum Gasteiger partial charge on any atom is 0.225 e. The highest BCUT2D eigenvalue weighted by molar-refractivity contribution is 7.13. The molecule has 1 aliphatic heterocycles. The molecule has 0 radical (unpaired) electrons. The Kier molecular flexibility index (Phi) is 7.83. The smallest absolute Gasteiger partial charge is 0.225 e. The van der Waals surface area contributed by atoms with Gasteiger partial charge in [-0.1, -0.05) is 32.8 Å². The number of carbonyl (C=O) groups excluding carboxylic acids is 1. The second kappa shape index (κ2) is 10.6. The van der Waals surface area contributed by atoms with Gasteiger partial charge in [-0.3, -0.25) is 4.79 Å². The summed E-state index contributed by atoms with van der Waals surface area (Å²) in [5, 5.41) is 10.9. The minimum Gasteiger partial charge on any atom is -0.355 e. The first-order valence-electron chi connectivity index (χ1n) is 10.6. The zero-order valence-electron chi connectivity index (χ0n) is 17.1. The van der Waals surface area contributed by atoms with E-state index in [9.17, 15) is 4.79 Å². The molecule has 1 aliphatic rings. The van der Waals surface area contributed by atoms with Crippen LogP contribution in [0.1, 0.15) is 52.4 Å². The standard InChI is InChI=1S/C22H32N4OS/c1-3-5-13-26(14-6-4-2)22(27)18-11-15-25(16-12-18)21-10-9-19(23-24-21)20-8-7-17-28-20/h7-10,17-18H,3-6,11-16H2,1-2H3. The van der Waals surface area contributed by atoms with Gasteiger partial charge in [0.25, 0.3) is 0 Å². The van der Waals surface area contributed by atoms with Crippen LogP contribution < -0.4 is 4.90 Å². The second-order valence-electron chi connectivity index (χ2n) is 7.55. The van der Waals surface area contributed by atoms with E-state index >= 15 is 0 Å². The number of piperidine rings is 1. The van der Waals surface area contributed by atoms with Gasteiger partial charge in [-0.15, -0.1) is 21.5 Å². The molecule has 1 amide bonds. The van der Waals surface area contributed by atoms with Crippen LogP contribution in [0.2, 0.25) is 0 Å². The molecule has 0 bridgehead atoms. The number of rotatable bonds is 9. The van der Waals surface area contributed by atoms with E-state index in [4.69, 9.17) is 0 Å². The highest BCUT2D eigenvalue weighted by atomic mass is 32.1. The summed E-state index contributed by atoms with van der Waals surface area (Å²) in [4.78, 5) is 18.5. The number of aromatic nitrogens is 2. The van der Waals surface area contributed by atoms with Crippen LogP contribution in [-0.4, -0.2) is 47.2 Å². The highest BCUT2D eigenvalue weighted by Crippen LogP contribution is 2.26. The summed E-state index contributed by atoms with van der Waals surface area (Å²) >= 11 is 1.68. The second-order valence-corrected chi connectivity index (χ2v) is 8.50. The Hall–Kier alpha value is -1.95. The lowest BCUT2D eigenvalue weighted by Crippen LogP contribution is -2.43. The fraction of sp³-hybridized carbons (Fsp3) is 0.591. The number of carbonyl (C=O) groups is 1. The summed E-state index contributed by atoms with van der Waals surface area (Å²) in [6, 6.07) is 8.19. The maximum absolute atomic E-state index is 13.0. The summed E-state index contributed by atoms with van der Waals surface area (Å²) in [5.41, 5.74) is 0.923. The summed E-state index contributed by atoms with van der Waals surface area (Å²) < 4.78 is 0. The van der Waals surface area contributed by atoms with Crippen LogP contribution in [0, 0.1) is 5.92 Å². The van der Waals surface area contributed by atoms with Crippen molar-refractivity contribution in [3.8, 4) is 10.6 Å². The molecular formula is C22H32N4OS. The van der Waals surface area contributed by atoms with Crippen LogP contribution in [0.15, 0.2) is 29.6 Å². The van der Waals surface area contributed by atoms with Crippen LogP contribution in [0.25, 0.3) is 10.6 Å². The zero-order chi connectivity index (χ0) is 19.8. The molecule has 0 aliphatic carbocycles. The first-order chi connectivity index (χ1) is 13.7. The third-order valence-electron chi connectivity index (χ3n) is 5.47. The lowest BCUT2D eigenvalue weighted by atomic mass is 9.95. The first-order valence-corrected chi connectivity index (χ1v) is 11.5. The largest absolute Gasteiger partial charge is 0.355 e. The predicted molar refractivity (Wildman–Crippen MR) is 117 cm³/mol. The monoisotopic (exact) mass is 400 g/mol. The van der Waals surface area contributed by atoms with Crippen LogP contribution in [-0.2, 0) is 4.79 Å². The Morgan fingerprint density at radius 1 is 1.11 bits per heavy atom. The molecule has 152 valence electrons. The van der Waals surface area contributed by atoms with Crippen LogP contribution in [0.5, 0.6) is 0 Å². The molecule has 0 spiro atoms. The van der Waals surface area contributed by atoms with Gasteiger partial charge >= 0.3 is 0 Å². The van der Waals surface area contributed by atoms with Crippen molar-refractivity contribution in [2.24, 2.45) is 5.92 Å². The molecule has 0 aromatic carbocycles. The minimum atomic E-state index is 0.156. The number of hydrogen-bond donors (Lipinski definition) is 0. The van der Waals surface area contributed by atoms with Gasteiger partial charge in [0.15, 0.2) is 5.82 Å². The van der Waals surface area contributed by atoms with Crippen molar-refractivity contribution in [3.63, 3.8) is 0 Å². The van der Waals surface area contributed by atoms with Crippen molar-refractivity contribution in [3.05, 3.63) is 29.6 Å². The maximum atomic E-state index is 13.0. The van der Waals surface area contributed by atoms with Crippen molar-refractivity contribution in [1.29, 1.82) is 0 Å². The first kappa shape index (κ1) is 20.8. The molecule has 2 aromatic rings. The quantitative estimate of drug-likeness (QED) is 0.604. The Bertz CT molecular complexity index is 701. The highest BCUT2D eigenvalue weighted by Gasteiger charge is 2.28. The van der Waals surface area contributed by atoms with E-state index in [-0.39, 0.29) is 5.92 Å². The lowest BCUT2D eigenvalue weighted by molar-refractivity contribution is -0.136. The van der Waals surface area contributed by atoms with E-state index in [0.29, 0.717) is 5.91 Å². The number of amides is 1. The van der Waals surface area contributed by atoms with Crippen LogP contribution >= 0.6 is 11.3 Å². The molecule has 0 atom stereocenters. The van der Waals surface area contributed by atoms with Crippen molar-refractivity contribution in [1.82, 2.24) is 15.1 Å². The molecule has 1 fully saturated rings. The van der Waals surface area contributed by atoms with Gasteiger partial charge in [-0.05, 0) is 49.3 Å². The van der Waals surface area contributed by atoms with Crippen molar-refractivity contribution >= 4 is 23.1 Å². The normalized spacial score (nSPS) is 15.0. The van der Waals surface area contributed by atoms with Crippen molar-refractivity contribution < 1.29 is 4.79 Å². The summed E-state index contributed by atoms with van der Waals surface area (Å²) in [5.74, 6) is 1.43. The van der Waals surface area contributed by atoms with E-state index in [2.05, 4.69) is 51.4 Å². The van der Waals surface area contributed by atoms with Gasteiger partial charge in [-0.25, -0.2) is 0 Å². The third-order valence-corrected chi connectivity index (χ3v) is 6.36. The zero-order valence-corrected chi connectivity index (χ0v) is 18.0. The average molecular weight is 401 g/mol. The van der Waals surface area contributed by atoms with E-state index in [1.54, 1.807) is 11.3 Å². The Balaban J connectivity index is 1.55. The van der Waals surface area contributed by atoms with Gasteiger partial charge in [0.2, 0.25) is 5.91 Å². The van der Waals surface area contributed by atoms with Crippen LogP contribution in [0.3, 0.4) is 0 Å². The van der Waals surface area contributed by atoms with Gasteiger partial charge in [0, 0.05) is 32.1 Å². The minimum absolute atomic E-state index is 0.156. The Labute approximate surface area is 172 Å². The molecule has 5 nitrogen and oxygen atoms in total. The van der Waals surface area contributed by atoms with E-state index in [1.165, 1.54) is 0 Å². The van der Waals surface area contributed by atoms with Gasteiger partial charge in [0.05, 0.1) is 4.88 Å². The number of anilines is 1. The van der Waals surface area contributed by atoms with Gasteiger partial charge in [-0.2, -0.15) is 0 Å². The molecule has 6 heteroatoms. The van der Waals surface area contributed by atoms with E-state index in [1.807, 2.05) is 12.1 Å². The molecular weight excluding hydrogens is 368 g/mol. The lowest BCUT2D eigenvalue weighted by Gasteiger charge is -2.34. The third kappa shape index (κ3) is 5.31. The molecule has 0 unspecified atom stereocenters. The number of thiophene rings is 1. The molecule has 3 rings (SSSR count). The predicted octanol–water partition coefficient (Wildman–Crippen LogP) is 4.85. The number of unbranched alkanes of at least 4 members (excludes halogenated alkanes) is 2. The van der Waals surface area contributed by atoms with Crippen LogP contribution in [0.4, 0.5) is 5.82 Å². The number of nitrogens with zero attached hydrogens (tertiary/aromatic N) is 4. The number of hydrogen-bond acceptors (Lipinski definition) is 5. The summed E-state index contributed by atoms with van der Waals surface area (Å²) in [7, 11) is 0. The molecule has 2 aromatic heterocycles. The molecule has 1 saturated heterocycles. The summed E-state index contributed by atoms with van der Waals surface area (Å²) in [6.45, 7) is 7.94. The molecule has 28 heavy (non-hydrogen) atoms. The summed E-state index contributed by atoms with van der Waals surface area (Å²) in [6.07, 6.45) is 6.27. The molecule has 3 heterocycles. The molecule has 0 saturated carbocycles. The van der Waals surface area contributed by atoms with Gasteiger partial charge in [0.1, 0.15) is 5.69 Å².